The Labute approximate surface area is 188 Å². The summed E-state index contributed by atoms with van der Waals surface area (Å²) in [5, 5.41) is 23.6. The number of nitrogens with one attached hydrogen (secondary N) is 3. The monoisotopic (exact) mass is 449 g/mol. The van der Waals surface area contributed by atoms with Gasteiger partial charge in [0.25, 0.3) is 0 Å². The van der Waals surface area contributed by atoms with Crippen molar-refractivity contribution in [3.05, 3.63) is 35.9 Å². The third-order valence-corrected chi connectivity index (χ3v) is 5.37. The minimum atomic E-state index is -1.14. The van der Waals surface area contributed by atoms with Crippen molar-refractivity contribution >= 4 is 23.7 Å². The summed E-state index contributed by atoms with van der Waals surface area (Å²) in [6.07, 6.45) is 0.799. The highest BCUT2D eigenvalue weighted by Crippen LogP contribution is 2.16. The van der Waals surface area contributed by atoms with Gasteiger partial charge in [-0.1, -0.05) is 64.4 Å². The van der Waals surface area contributed by atoms with Crippen LogP contribution >= 0.6 is 0 Å². The fourth-order valence-corrected chi connectivity index (χ4v) is 3.35. The van der Waals surface area contributed by atoms with E-state index in [4.69, 9.17) is 5.21 Å². The third-order valence-electron chi connectivity index (χ3n) is 5.37. The highest BCUT2D eigenvalue weighted by Gasteiger charge is 2.32. The topological polar surface area (TPSA) is 145 Å². The molecule has 0 saturated heterocycles. The number of rotatable bonds is 13. The molecule has 178 valence electrons. The average Bonchev–Trinajstić information content (AvgIpc) is 2.75. The Kier molecular flexibility index (Phi) is 11.4. The lowest BCUT2D eigenvalue weighted by atomic mass is 9.92. The van der Waals surface area contributed by atoms with Gasteiger partial charge >= 0.3 is 5.97 Å². The van der Waals surface area contributed by atoms with E-state index in [9.17, 15) is 24.3 Å². The van der Waals surface area contributed by atoms with Crippen molar-refractivity contribution in [1.29, 1.82) is 0 Å². The van der Waals surface area contributed by atoms with E-state index in [2.05, 4.69) is 10.6 Å². The normalized spacial score (nSPS) is 14.7. The summed E-state index contributed by atoms with van der Waals surface area (Å²) in [4.78, 5) is 49.3. The molecule has 32 heavy (non-hydrogen) atoms. The van der Waals surface area contributed by atoms with Crippen molar-refractivity contribution in [1.82, 2.24) is 16.1 Å². The second-order valence-electron chi connectivity index (χ2n) is 8.53. The van der Waals surface area contributed by atoms with Crippen molar-refractivity contribution < 1.29 is 29.5 Å². The lowest BCUT2D eigenvalue weighted by molar-refractivity contribution is -0.143. The molecule has 1 aromatic rings. The Bertz CT molecular complexity index is 768. The van der Waals surface area contributed by atoms with Gasteiger partial charge in [-0.15, -0.1) is 0 Å². The first kappa shape index (κ1) is 27.1. The van der Waals surface area contributed by atoms with Crippen LogP contribution in [0.1, 0.15) is 52.5 Å². The predicted octanol–water partition coefficient (Wildman–Crippen LogP) is 1.89. The van der Waals surface area contributed by atoms with Gasteiger partial charge in [0.2, 0.25) is 17.7 Å². The third kappa shape index (κ3) is 9.05. The molecular formula is C23H35N3O6. The van der Waals surface area contributed by atoms with Gasteiger partial charge in [0.05, 0.1) is 5.92 Å². The summed E-state index contributed by atoms with van der Waals surface area (Å²) < 4.78 is 0. The van der Waals surface area contributed by atoms with Crippen molar-refractivity contribution in [3.63, 3.8) is 0 Å². The smallest absolute Gasteiger partial charge is 0.326 e. The number of hydrogen-bond donors (Lipinski definition) is 5. The zero-order chi connectivity index (χ0) is 24.3. The van der Waals surface area contributed by atoms with E-state index in [1.54, 1.807) is 6.92 Å². The number of carboxylic acid groups (broad SMARTS) is 1. The van der Waals surface area contributed by atoms with Crippen LogP contribution < -0.4 is 16.1 Å². The van der Waals surface area contributed by atoms with E-state index < -0.39 is 41.7 Å². The maximum atomic E-state index is 13.1. The van der Waals surface area contributed by atoms with Gasteiger partial charge in [-0.2, -0.15) is 0 Å². The number of aliphatic carboxylic acids is 1. The Morgan fingerprint density at radius 3 is 2.09 bits per heavy atom. The largest absolute Gasteiger partial charge is 0.480 e. The van der Waals surface area contributed by atoms with E-state index in [1.165, 1.54) is 5.48 Å². The molecular weight excluding hydrogens is 414 g/mol. The molecule has 0 aliphatic carbocycles. The molecule has 0 spiro atoms. The maximum Gasteiger partial charge on any atom is 0.326 e. The van der Waals surface area contributed by atoms with E-state index >= 15 is 0 Å². The molecule has 0 bridgehead atoms. The van der Waals surface area contributed by atoms with Crippen LogP contribution in [0.15, 0.2) is 30.3 Å². The van der Waals surface area contributed by atoms with Gasteiger partial charge in [-0.05, 0) is 30.2 Å². The Hall–Kier alpha value is -2.94. The van der Waals surface area contributed by atoms with E-state index in [0.717, 1.165) is 5.56 Å². The number of carboxylic acids is 1. The highest BCUT2D eigenvalue weighted by atomic mass is 16.5. The number of carbonyl (C=O) groups is 4. The van der Waals surface area contributed by atoms with Crippen LogP contribution in [0.5, 0.6) is 0 Å². The van der Waals surface area contributed by atoms with Crippen molar-refractivity contribution in [2.45, 2.75) is 65.5 Å². The Balaban J connectivity index is 3.04. The molecule has 9 nitrogen and oxygen atoms in total. The maximum absolute atomic E-state index is 13.1. The van der Waals surface area contributed by atoms with Crippen molar-refractivity contribution in [2.75, 3.05) is 0 Å². The van der Waals surface area contributed by atoms with Crippen LogP contribution in [-0.4, -0.2) is 46.1 Å². The fourth-order valence-electron chi connectivity index (χ4n) is 3.35. The van der Waals surface area contributed by atoms with Crippen LogP contribution in [-0.2, 0) is 25.6 Å². The summed E-state index contributed by atoms with van der Waals surface area (Å²) in [5.74, 6) is -3.98. The van der Waals surface area contributed by atoms with Crippen LogP contribution in [0.25, 0.3) is 0 Å². The molecule has 3 amide bonds. The average molecular weight is 450 g/mol. The molecule has 1 unspecified atom stereocenters. The molecule has 9 heteroatoms. The van der Waals surface area contributed by atoms with Gasteiger partial charge in [-0.25, -0.2) is 10.3 Å². The second-order valence-corrected chi connectivity index (χ2v) is 8.53. The molecule has 5 N–H and O–H groups in total. The van der Waals surface area contributed by atoms with E-state index in [-0.39, 0.29) is 31.1 Å². The number of amides is 3. The van der Waals surface area contributed by atoms with Crippen LogP contribution in [0.4, 0.5) is 0 Å². The molecule has 0 aliphatic heterocycles. The van der Waals surface area contributed by atoms with Crippen LogP contribution in [0.2, 0.25) is 0 Å². The second kappa shape index (κ2) is 13.5. The van der Waals surface area contributed by atoms with Gasteiger partial charge in [0.15, 0.2) is 0 Å². The quantitative estimate of drug-likeness (QED) is 0.230. The molecule has 0 saturated carbocycles. The van der Waals surface area contributed by atoms with Gasteiger partial charge < -0.3 is 15.7 Å². The lowest BCUT2D eigenvalue weighted by Gasteiger charge is -2.27. The summed E-state index contributed by atoms with van der Waals surface area (Å²) in [6.45, 7) is 7.36. The minimum absolute atomic E-state index is 0.0558. The van der Waals surface area contributed by atoms with Gasteiger partial charge in [-0.3, -0.25) is 19.6 Å². The zero-order valence-corrected chi connectivity index (χ0v) is 19.1. The number of hydroxylamine groups is 1. The summed E-state index contributed by atoms with van der Waals surface area (Å²) in [6, 6.07) is 7.07. The SMILES string of the molecule is CC[C@H](C)[C@H](NC(=O)C(CC(=O)NO)Cc1ccccc1)C(=O)N[C@@H](CC(C)C)C(=O)O. The first-order chi connectivity index (χ1) is 15.1. The summed E-state index contributed by atoms with van der Waals surface area (Å²) >= 11 is 0. The first-order valence-corrected chi connectivity index (χ1v) is 10.9. The van der Waals surface area contributed by atoms with E-state index in [1.807, 2.05) is 51.1 Å². The first-order valence-electron chi connectivity index (χ1n) is 10.9. The molecule has 0 aromatic heterocycles. The predicted molar refractivity (Wildman–Crippen MR) is 119 cm³/mol. The highest BCUT2D eigenvalue weighted by molar-refractivity contribution is 5.92. The van der Waals surface area contributed by atoms with Crippen LogP contribution in [0.3, 0.4) is 0 Å². The van der Waals surface area contributed by atoms with Crippen molar-refractivity contribution in [2.24, 2.45) is 17.8 Å². The molecule has 0 fully saturated rings. The standard InChI is InChI=1S/C23H35N3O6/c1-5-15(4)20(22(29)24-18(23(30)31)11-14(2)3)25-21(28)17(13-19(27)26-32)12-16-9-7-6-8-10-16/h6-10,14-15,17-18,20,32H,5,11-13H2,1-4H3,(H,24,29)(H,25,28)(H,26,27)(H,30,31)/t15-,17?,18-,20-/m0/s1. The number of carbonyl (C=O) groups excluding carboxylic acids is 3. The molecule has 0 radical (unpaired) electrons. The lowest BCUT2D eigenvalue weighted by Crippen LogP contribution is -2.55. The number of hydrogen-bond acceptors (Lipinski definition) is 5. The fraction of sp³-hybridized carbons (Fsp3) is 0.565. The molecule has 0 aliphatic rings. The molecule has 4 atom stereocenters. The summed E-state index contributed by atoms with van der Waals surface area (Å²) in [5.41, 5.74) is 2.36. The Morgan fingerprint density at radius 1 is 0.969 bits per heavy atom. The van der Waals surface area contributed by atoms with Gasteiger partial charge in [0.1, 0.15) is 12.1 Å². The minimum Gasteiger partial charge on any atom is -0.480 e. The summed E-state index contributed by atoms with van der Waals surface area (Å²) in [7, 11) is 0. The molecule has 1 aromatic carbocycles. The zero-order valence-electron chi connectivity index (χ0n) is 19.1. The molecule has 0 heterocycles. The molecule has 1 rings (SSSR count). The van der Waals surface area contributed by atoms with E-state index in [0.29, 0.717) is 6.42 Å². The number of benzene rings is 1. The van der Waals surface area contributed by atoms with Gasteiger partial charge in [0, 0.05) is 6.42 Å². The van der Waals surface area contributed by atoms with Crippen molar-refractivity contribution in [3.8, 4) is 0 Å². The Morgan fingerprint density at radius 2 is 1.59 bits per heavy atom. The van der Waals surface area contributed by atoms with Crippen LogP contribution in [0, 0.1) is 17.8 Å².